The first kappa shape index (κ1) is 17.9. The lowest BCUT2D eigenvalue weighted by Gasteiger charge is -2.34. The van der Waals surface area contributed by atoms with E-state index in [1.165, 1.54) is 0 Å². The van der Waals surface area contributed by atoms with E-state index in [4.69, 9.17) is 14.8 Å². The summed E-state index contributed by atoms with van der Waals surface area (Å²) in [5, 5.41) is 16.5. The molecular weight excluding hydrogens is 368 g/mol. The molecule has 4 aromatic heterocycles. The molecule has 1 N–H and O–H groups in total. The van der Waals surface area contributed by atoms with Gasteiger partial charge in [0.25, 0.3) is 0 Å². The first-order valence-corrected chi connectivity index (χ1v) is 9.92. The number of anilines is 1. The second-order valence-corrected chi connectivity index (χ2v) is 7.34. The zero-order valence-corrected chi connectivity index (χ0v) is 16.8. The van der Waals surface area contributed by atoms with Gasteiger partial charge >= 0.3 is 0 Å². The van der Waals surface area contributed by atoms with Crippen LogP contribution >= 0.6 is 0 Å². The molecule has 0 saturated carbocycles. The fourth-order valence-corrected chi connectivity index (χ4v) is 3.99. The van der Waals surface area contributed by atoms with Gasteiger partial charge < -0.3 is 9.64 Å². The predicted molar refractivity (Wildman–Crippen MR) is 110 cm³/mol. The van der Waals surface area contributed by atoms with Crippen LogP contribution in [0, 0.1) is 0 Å². The van der Waals surface area contributed by atoms with Crippen LogP contribution in [0.15, 0.2) is 30.6 Å². The van der Waals surface area contributed by atoms with Crippen LogP contribution in [0.3, 0.4) is 0 Å². The molecule has 29 heavy (non-hydrogen) atoms. The average molecular weight is 392 g/mol. The third kappa shape index (κ3) is 2.89. The summed E-state index contributed by atoms with van der Waals surface area (Å²) in [6.07, 6.45) is 4.36. The summed E-state index contributed by atoms with van der Waals surface area (Å²) in [6, 6.07) is 6.36. The number of nitrogens with one attached hydrogen (secondary N) is 1. The normalized spacial score (nSPS) is 17.3. The van der Waals surface area contributed by atoms with Crippen molar-refractivity contribution >= 4 is 11.3 Å². The average Bonchev–Trinajstić information content (AvgIpc) is 3.47. The Labute approximate surface area is 168 Å². The number of nitrogens with zero attached hydrogens (tertiary/aromatic N) is 7. The molecule has 9 heteroatoms. The van der Waals surface area contributed by atoms with Gasteiger partial charge in [-0.2, -0.15) is 10.2 Å². The number of imidazole rings is 1. The number of aromatic nitrogens is 7. The van der Waals surface area contributed by atoms with Crippen LogP contribution in [-0.4, -0.2) is 60.4 Å². The zero-order valence-electron chi connectivity index (χ0n) is 16.8. The minimum Gasteiger partial charge on any atom is -0.377 e. The van der Waals surface area contributed by atoms with Crippen molar-refractivity contribution in [1.82, 2.24) is 34.6 Å². The highest BCUT2D eigenvalue weighted by Gasteiger charge is 2.25. The summed E-state index contributed by atoms with van der Waals surface area (Å²) in [6.45, 7) is 6.47. The Bertz CT molecular complexity index is 1140. The van der Waals surface area contributed by atoms with Gasteiger partial charge in [-0.1, -0.05) is 6.92 Å². The molecule has 9 nitrogen and oxygen atoms in total. The van der Waals surface area contributed by atoms with E-state index in [2.05, 4.69) is 40.1 Å². The van der Waals surface area contributed by atoms with Crippen LogP contribution in [0.25, 0.3) is 28.3 Å². The van der Waals surface area contributed by atoms with Crippen LogP contribution in [0.2, 0.25) is 0 Å². The fourth-order valence-electron chi connectivity index (χ4n) is 3.99. The number of hydrogen-bond acceptors (Lipinski definition) is 6. The smallest absolute Gasteiger partial charge is 0.179 e. The van der Waals surface area contributed by atoms with E-state index < -0.39 is 0 Å². The van der Waals surface area contributed by atoms with Gasteiger partial charge in [-0.05, 0) is 31.5 Å². The molecule has 5 heterocycles. The van der Waals surface area contributed by atoms with Crippen molar-refractivity contribution in [3.05, 3.63) is 36.3 Å². The number of ether oxygens (including phenoxy) is 1. The van der Waals surface area contributed by atoms with E-state index >= 15 is 0 Å². The number of fused-ring (bicyclic) bond motifs is 1. The quantitative estimate of drug-likeness (QED) is 0.573. The molecule has 1 saturated heterocycles. The Morgan fingerprint density at radius 2 is 2.17 bits per heavy atom. The molecule has 1 unspecified atom stereocenters. The van der Waals surface area contributed by atoms with E-state index in [1.807, 2.05) is 34.6 Å². The Morgan fingerprint density at radius 1 is 1.28 bits per heavy atom. The second kappa shape index (κ2) is 7.00. The summed E-state index contributed by atoms with van der Waals surface area (Å²) < 4.78 is 9.47. The Kier molecular flexibility index (Phi) is 4.31. The van der Waals surface area contributed by atoms with Crippen LogP contribution in [0.1, 0.15) is 19.5 Å². The molecule has 150 valence electrons. The van der Waals surface area contributed by atoms with Crippen molar-refractivity contribution in [2.45, 2.75) is 26.3 Å². The molecule has 0 radical (unpaired) electrons. The monoisotopic (exact) mass is 392 g/mol. The van der Waals surface area contributed by atoms with Crippen molar-refractivity contribution < 1.29 is 4.74 Å². The zero-order chi connectivity index (χ0) is 20.0. The van der Waals surface area contributed by atoms with E-state index in [0.29, 0.717) is 13.2 Å². The molecule has 4 aromatic rings. The predicted octanol–water partition coefficient (Wildman–Crippen LogP) is 2.31. The summed E-state index contributed by atoms with van der Waals surface area (Å²) >= 11 is 0. The molecular formula is C20H24N8O. The van der Waals surface area contributed by atoms with Gasteiger partial charge in [0.2, 0.25) is 0 Å². The summed E-state index contributed by atoms with van der Waals surface area (Å²) in [7, 11) is 1.96. The fraction of sp³-hybridized carbons (Fsp3) is 0.400. The maximum Gasteiger partial charge on any atom is 0.179 e. The number of aromatic amines is 1. The van der Waals surface area contributed by atoms with E-state index in [9.17, 15) is 0 Å². The minimum atomic E-state index is 0.248. The number of aryl methyl sites for hydroxylation is 2. The Hall–Kier alpha value is -3.20. The lowest BCUT2D eigenvalue weighted by atomic mass is 10.1. The number of morpholine rings is 1. The van der Waals surface area contributed by atoms with Gasteiger partial charge in [-0.3, -0.25) is 9.78 Å². The molecule has 0 spiro atoms. The molecule has 0 aromatic carbocycles. The van der Waals surface area contributed by atoms with Crippen LogP contribution in [0.4, 0.5) is 5.82 Å². The molecule has 0 amide bonds. The molecule has 0 aliphatic carbocycles. The van der Waals surface area contributed by atoms with Crippen LogP contribution in [0.5, 0.6) is 0 Å². The summed E-state index contributed by atoms with van der Waals surface area (Å²) in [5.74, 6) is 1.67. The summed E-state index contributed by atoms with van der Waals surface area (Å²) in [5.41, 5.74) is 4.95. The first-order valence-electron chi connectivity index (χ1n) is 9.92. The van der Waals surface area contributed by atoms with Gasteiger partial charge in [-0.15, -0.1) is 5.10 Å². The highest BCUT2D eigenvalue weighted by molar-refractivity contribution is 5.84. The van der Waals surface area contributed by atoms with E-state index in [1.54, 1.807) is 6.20 Å². The maximum atomic E-state index is 5.63. The molecule has 1 atom stereocenters. The second-order valence-electron chi connectivity index (χ2n) is 7.34. The Morgan fingerprint density at radius 3 is 2.86 bits per heavy atom. The molecule has 1 fully saturated rings. The van der Waals surface area contributed by atoms with Gasteiger partial charge in [0, 0.05) is 31.5 Å². The number of rotatable bonds is 4. The molecule has 1 aliphatic rings. The standard InChI is InChI=1S/C20H24N8O/c1-4-15-19-14(17-6-8-22-26(17)3)11-18(27-9-10-29-12-13(27)2)25-28(19)20(23-15)16-5-7-21-24-16/h5-8,11,13H,4,9-10,12H2,1-3H3,(H,21,24). The molecule has 0 bridgehead atoms. The van der Waals surface area contributed by atoms with Crippen molar-refractivity contribution in [2.24, 2.45) is 7.05 Å². The highest BCUT2D eigenvalue weighted by atomic mass is 16.5. The lowest BCUT2D eigenvalue weighted by molar-refractivity contribution is 0.0984. The third-order valence-electron chi connectivity index (χ3n) is 5.49. The van der Waals surface area contributed by atoms with E-state index in [0.717, 1.165) is 52.8 Å². The lowest BCUT2D eigenvalue weighted by Crippen LogP contribution is -2.44. The van der Waals surface area contributed by atoms with Crippen molar-refractivity contribution in [1.29, 1.82) is 0 Å². The number of H-pyrrole nitrogens is 1. The molecule has 1 aliphatic heterocycles. The van der Waals surface area contributed by atoms with Crippen molar-refractivity contribution in [3.8, 4) is 22.8 Å². The SMILES string of the molecule is CCc1nc(-c2ccn[nH]2)n2nc(N3CCOCC3C)cc(-c3ccnn3C)c12. The number of hydrogen-bond donors (Lipinski definition) is 1. The van der Waals surface area contributed by atoms with Gasteiger partial charge in [0.1, 0.15) is 5.69 Å². The summed E-state index contributed by atoms with van der Waals surface area (Å²) in [4.78, 5) is 7.21. The topological polar surface area (TPSA) is 89.2 Å². The van der Waals surface area contributed by atoms with Gasteiger partial charge in [-0.25, -0.2) is 9.50 Å². The van der Waals surface area contributed by atoms with Gasteiger partial charge in [0.05, 0.1) is 36.2 Å². The molecule has 5 rings (SSSR count). The third-order valence-corrected chi connectivity index (χ3v) is 5.49. The maximum absolute atomic E-state index is 5.63. The first-order chi connectivity index (χ1) is 14.2. The van der Waals surface area contributed by atoms with E-state index in [-0.39, 0.29) is 6.04 Å². The van der Waals surface area contributed by atoms with Crippen LogP contribution < -0.4 is 4.90 Å². The van der Waals surface area contributed by atoms with Gasteiger partial charge in [0.15, 0.2) is 11.6 Å². The minimum absolute atomic E-state index is 0.248. The van der Waals surface area contributed by atoms with Crippen molar-refractivity contribution in [3.63, 3.8) is 0 Å². The highest BCUT2D eigenvalue weighted by Crippen LogP contribution is 2.33. The van der Waals surface area contributed by atoms with Crippen LogP contribution in [-0.2, 0) is 18.2 Å². The largest absolute Gasteiger partial charge is 0.377 e. The Balaban J connectivity index is 1.82. The van der Waals surface area contributed by atoms with Crippen molar-refractivity contribution in [2.75, 3.05) is 24.7 Å².